The minimum atomic E-state index is -1.02. The summed E-state index contributed by atoms with van der Waals surface area (Å²) in [5.41, 5.74) is 3.96. The highest BCUT2D eigenvalue weighted by Gasteiger charge is 2.59. The van der Waals surface area contributed by atoms with Crippen molar-refractivity contribution in [2.24, 2.45) is 23.7 Å². The highest BCUT2D eigenvalue weighted by molar-refractivity contribution is 6.23. The number of pyridine rings is 1. The zero-order valence-electron chi connectivity index (χ0n) is 24.5. The first-order chi connectivity index (χ1) is 21.2. The number of aryl methyl sites for hydroxylation is 1. The van der Waals surface area contributed by atoms with Gasteiger partial charge in [-0.05, 0) is 80.1 Å². The molecule has 3 aliphatic rings. The van der Waals surface area contributed by atoms with Crippen LogP contribution < -0.4 is 9.64 Å². The lowest BCUT2D eigenvalue weighted by atomic mass is 9.85. The Labute approximate surface area is 254 Å². The number of nitrogens with zero attached hydrogens (tertiary/aromatic N) is 2. The lowest BCUT2D eigenvalue weighted by Crippen LogP contribution is -2.32. The zero-order valence-corrected chi connectivity index (χ0v) is 24.5. The monoisotopic (exact) mass is 586 g/mol. The van der Waals surface area contributed by atoms with E-state index in [4.69, 9.17) is 14.5 Å². The smallest absolute Gasteiger partial charge is 0.339 e. The van der Waals surface area contributed by atoms with E-state index in [0.29, 0.717) is 39.2 Å². The number of rotatable bonds is 7. The predicted octanol–water partition coefficient (Wildman–Crippen LogP) is 5.96. The molecule has 2 bridgehead atoms. The molecular weight excluding hydrogens is 556 g/mol. The third-order valence-electron chi connectivity index (χ3n) is 9.18. The van der Waals surface area contributed by atoms with Crippen molar-refractivity contribution < 1.29 is 28.7 Å². The zero-order chi connectivity index (χ0) is 30.7. The highest BCUT2D eigenvalue weighted by atomic mass is 16.5. The van der Waals surface area contributed by atoms with Crippen molar-refractivity contribution in [1.82, 2.24) is 4.98 Å². The van der Waals surface area contributed by atoms with E-state index in [1.54, 1.807) is 74.7 Å². The van der Waals surface area contributed by atoms with Crippen molar-refractivity contribution in [3.8, 4) is 17.0 Å². The molecule has 1 saturated heterocycles. The molecule has 8 nitrogen and oxygen atoms in total. The van der Waals surface area contributed by atoms with E-state index in [2.05, 4.69) is 12.2 Å². The molecule has 2 fully saturated rings. The topological polar surface area (TPSA) is 103 Å². The van der Waals surface area contributed by atoms with Gasteiger partial charge in [0.15, 0.2) is 6.10 Å². The third kappa shape index (κ3) is 4.40. The number of allylic oxidation sites excluding steroid dienone is 2. The molecule has 44 heavy (non-hydrogen) atoms. The van der Waals surface area contributed by atoms with Crippen molar-refractivity contribution in [3.63, 3.8) is 0 Å². The highest BCUT2D eigenvalue weighted by Crippen LogP contribution is 2.53. The molecule has 0 N–H and O–H groups in total. The van der Waals surface area contributed by atoms with Gasteiger partial charge in [0.25, 0.3) is 0 Å². The fourth-order valence-corrected chi connectivity index (χ4v) is 6.91. The number of imide groups is 1. The number of esters is 1. The normalized spacial score (nSPS) is 22.4. The van der Waals surface area contributed by atoms with Gasteiger partial charge < -0.3 is 9.47 Å². The number of ketones is 1. The van der Waals surface area contributed by atoms with Crippen molar-refractivity contribution in [1.29, 1.82) is 0 Å². The fraction of sp³-hybridized carbons (Fsp3) is 0.250. The number of hydrogen-bond donors (Lipinski definition) is 0. The average Bonchev–Trinajstić information content (AvgIpc) is 3.74. The first-order valence-corrected chi connectivity index (χ1v) is 14.7. The number of amides is 2. The Balaban J connectivity index is 1.17. The van der Waals surface area contributed by atoms with Crippen LogP contribution in [-0.4, -0.2) is 41.8 Å². The standard InChI is InChI=1S/C36H30N2O6/c1-19-5-4-6-27-28(36(42)44-20(2)33(39)22-11-15-26(43-3)16-12-22)18-29(37-32(19)27)21-9-13-25(14-10-21)38-34(40)30-23-7-8-24(17-23)31(30)35(38)41/h4-16,18,20,23-24,30-31H,17H2,1-3H3. The van der Waals surface area contributed by atoms with E-state index in [0.717, 1.165) is 12.0 Å². The molecule has 1 aliphatic heterocycles. The van der Waals surface area contributed by atoms with Crippen molar-refractivity contribution in [2.75, 3.05) is 12.0 Å². The Kier molecular flexibility index (Phi) is 6.65. The Hall–Kier alpha value is -5.11. The summed E-state index contributed by atoms with van der Waals surface area (Å²) < 4.78 is 10.8. The van der Waals surface area contributed by atoms with E-state index >= 15 is 0 Å². The van der Waals surface area contributed by atoms with E-state index in [9.17, 15) is 19.2 Å². The van der Waals surface area contributed by atoms with E-state index in [1.807, 2.05) is 19.1 Å². The van der Waals surface area contributed by atoms with Crippen LogP contribution in [0.4, 0.5) is 5.69 Å². The number of anilines is 1. The quantitative estimate of drug-likeness (QED) is 0.114. The predicted molar refractivity (Wildman–Crippen MR) is 164 cm³/mol. The molecule has 4 aromatic rings. The largest absolute Gasteiger partial charge is 0.497 e. The molecule has 5 atom stereocenters. The van der Waals surface area contributed by atoms with Gasteiger partial charge in [0, 0.05) is 16.5 Å². The van der Waals surface area contributed by atoms with Gasteiger partial charge in [-0.15, -0.1) is 0 Å². The van der Waals surface area contributed by atoms with Crippen LogP contribution >= 0.6 is 0 Å². The summed E-state index contributed by atoms with van der Waals surface area (Å²) >= 11 is 0. The van der Waals surface area contributed by atoms with Gasteiger partial charge in [-0.25, -0.2) is 9.78 Å². The number of para-hydroxylation sites is 1. The number of methoxy groups -OCH3 is 1. The van der Waals surface area contributed by atoms with Crippen LogP contribution in [0.25, 0.3) is 22.2 Å². The molecule has 220 valence electrons. The SMILES string of the molecule is COc1ccc(C(=O)C(C)OC(=O)c2cc(-c3ccc(N4C(=O)C5C6C=CC(C6)C5C4=O)cc3)nc3c(C)cccc23)cc1. The van der Waals surface area contributed by atoms with E-state index < -0.39 is 12.1 Å². The van der Waals surface area contributed by atoms with Gasteiger partial charge in [0.05, 0.1) is 41.4 Å². The Morgan fingerprint density at radius 2 is 1.57 bits per heavy atom. The number of fused-ring (bicyclic) bond motifs is 6. The number of benzene rings is 3. The second kappa shape index (κ2) is 10.6. The molecule has 5 unspecified atom stereocenters. The molecule has 2 amide bonds. The molecule has 0 spiro atoms. The maximum atomic E-state index is 13.5. The minimum Gasteiger partial charge on any atom is -0.497 e. The van der Waals surface area contributed by atoms with Gasteiger partial charge in [0.1, 0.15) is 5.75 Å². The van der Waals surface area contributed by atoms with Crippen LogP contribution in [0.3, 0.4) is 0 Å². The van der Waals surface area contributed by atoms with Gasteiger partial charge in [0.2, 0.25) is 17.6 Å². The minimum absolute atomic E-state index is 0.132. The molecular formula is C36H30N2O6. The first-order valence-electron chi connectivity index (χ1n) is 14.7. The van der Waals surface area contributed by atoms with Crippen molar-refractivity contribution in [3.05, 3.63) is 102 Å². The molecule has 2 aliphatic carbocycles. The van der Waals surface area contributed by atoms with Crippen LogP contribution in [0.1, 0.15) is 39.6 Å². The molecule has 3 aromatic carbocycles. The summed E-state index contributed by atoms with van der Waals surface area (Å²) in [5, 5.41) is 0.613. The van der Waals surface area contributed by atoms with Crippen LogP contribution in [0.5, 0.6) is 5.75 Å². The average molecular weight is 587 g/mol. The van der Waals surface area contributed by atoms with E-state index in [-0.39, 0.29) is 46.8 Å². The lowest BCUT2D eigenvalue weighted by molar-refractivity contribution is -0.123. The number of carbonyl (C=O) groups excluding carboxylic acids is 4. The van der Waals surface area contributed by atoms with Crippen LogP contribution in [0, 0.1) is 30.6 Å². The second-order valence-corrected chi connectivity index (χ2v) is 11.7. The number of Topliss-reactive ketones (excluding diaryl/α,β-unsaturated/α-hetero) is 1. The Morgan fingerprint density at radius 3 is 2.20 bits per heavy atom. The number of ether oxygens (including phenoxy) is 2. The summed E-state index contributed by atoms with van der Waals surface area (Å²) in [6.07, 6.45) is 4.02. The lowest BCUT2D eigenvalue weighted by Gasteiger charge is -2.18. The fourth-order valence-electron chi connectivity index (χ4n) is 6.91. The summed E-state index contributed by atoms with van der Waals surface area (Å²) in [6.45, 7) is 3.46. The van der Waals surface area contributed by atoms with Crippen LogP contribution in [-0.2, 0) is 14.3 Å². The summed E-state index contributed by atoms with van der Waals surface area (Å²) in [5.74, 6) is -0.866. The number of aromatic nitrogens is 1. The Morgan fingerprint density at radius 1 is 0.909 bits per heavy atom. The van der Waals surface area contributed by atoms with Crippen molar-refractivity contribution >= 4 is 40.2 Å². The second-order valence-electron chi connectivity index (χ2n) is 11.7. The summed E-state index contributed by atoms with van der Waals surface area (Å²) in [7, 11) is 1.55. The van der Waals surface area contributed by atoms with Crippen LogP contribution in [0.15, 0.2) is 84.9 Å². The summed E-state index contributed by atoms with van der Waals surface area (Å²) in [4.78, 5) is 59.3. The molecule has 8 heteroatoms. The molecule has 7 rings (SSSR count). The van der Waals surface area contributed by atoms with Gasteiger partial charge in [-0.2, -0.15) is 0 Å². The summed E-state index contributed by atoms with van der Waals surface area (Å²) in [6, 6.07) is 20.9. The molecule has 1 saturated carbocycles. The molecule has 2 heterocycles. The third-order valence-corrected chi connectivity index (χ3v) is 9.18. The molecule has 0 radical (unpaired) electrons. The maximum Gasteiger partial charge on any atom is 0.339 e. The number of hydrogen-bond acceptors (Lipinski definition) is 7. The van der Waals surface area contributed by atoms with Crippen molar-refractivity contribution in [2.45, 2.75) is 26.4 Å². The van der Waals surface area contributed by atoms with Gasteiger partial charge in [-0.3, -0.25) is 19.3 Å². The van der Waals surface area contributed by atoms with Gasteiger partial charge >= 0.3 is 5.97 Å². The molecule has 1 aromatic heterocycles. The van der Waals surface area contributed by atoms with Gasteiger partial charge in [-0.1, -0.05) is 42.5 Å². The number of carbonyl (C=O) groups is 4. The Bertz CT molecular complexity index is 1850. The first kappa shape index (κ1) is 27.7. The van der Waals surface area contributed by atoms with Crippen LogP contribution in [0.2, 0.25) is 0 Å². The maximum absolute atomic E-state index is 13.5. The van der Waals surface area contributed by atoms with E-state index in [1.165, 1.54) is 4.90 Å².